The van der Waals surface area contributed by atoms with Gasteiger partial charge in [-0.25, -0.2) is 14.6 Å². The minimum absolute atomic E-state index is 0.264. The highest BCUT2D eigenvalue weighted by molar-refractivity contribution is 8.00. The van der Waals surface area contributed by atoms with Gasteiger partial charge in [0.05, 0.1) is 28.8 Å². The van der Waals surface area contributed by atoms with Gasteiger partial charge >= 0.3 is 12.0 Å². The van der Waals surface area contributed by atoms with Crippen LogP contribution in [0.2, 0.25) is 0 Å². The zero-order valence-corrected chi connectivity index (χ0v) is 16.7. The van der Waals surface area contributed by atoms with E-state index in [2.05, 4.69) is 4.98 Å². The van der Waals surface area contributed by atoms with E-state index < -0.39 is 23.2 Å². The van der Waals surface area contributed by atoms with Crippen LogP contribution in [0.25, 0.3) is 10.9 Å². The number of methoxy groups -OCH3 is 1. The van der Waals surface area contributed by atoms with E-state index in [1.807, 2.05) is 12.2 Å². The van der Waals surface area contributed by atoms with Crippen LogP contribution in [0, 0.1) is 0 Å². The first-order valence-corrected chi connectivity index (χ1v) is 9.56. The van der Waals surface area contributed by atoms with E-state index in [0.717, 1.165) is 24.6 Å². The molecule has 10 heteroatoms. The second kappa shape index (κ2) is 9.36. The van der Waals surface area contributed by atoms with Gasteiger partial charge in [0, 0.05) is 6.54 Å². The number of carbonyl (C=O) groups is 3. The van der Waals surface area contributed by atoms with Crippen LogP contribution < -0.4 is 16.6 Å². The average molecular weight is 406 g/mol. The highest BCUT2D eigenvalue weighted by Crippen LogP contribution is 2.23. The van der Waals surface area contributed by atoms with Crippen LogP contribution in [0.5, 0.6) is 0 Å². The van der Waals surface area contributed by atoms with Gasteiger partial charge in [-0.15, -0.1) is 0 Å². The topological polar surface area (TPSA) is 133 Å². The number of benzene rings is 1. The molecule has 1 aromatic heterocycles. The number of thioether (sulfide) groups is 1. The van der Waals surface area contributed by atoms with Gasteiger partial charge in [-0.1, -0.05) is 25.1 Å². The third-order valence-electron chi connectivity index (χ3n) is 3.97. The van der Waals surface area contributed by atoms with Crippen molar-refractivity contribution in [1.82, 2.24) is 14.9 Å². The van der Waals surface area contributed by atoms with E-state index >= 15 is 0 Å². The molecule has 150 valence electrons. The predicted octanol–water partition coefficient (Wildman–Crippen LogP) is 1.66. The largest absolute Gasteiger partial charge is 0.465 e. The van der Waals surface area contributed by atoms with Gasteiger partial charge in [-0.05, 0) is 31.5 Å². The Kier molecular flexibility index (Phi) is 7.16. The lowest BCUT2D eigenvalue weighted by Gasteiger charge is -2.16. The fourth-order valence-corrected chi connectivity index (χ4v) is 3.42. The molecule has 9 nitrogen and oxygen atoms in total. The Balaban J connectivity index is 2.53. The Morgan fingerprint density at radius 2 is 2.07 bits per heavy atom. The van der Waals surface area contributed by atoms with Crippen molar-refractivity contribution in [3.63, 3.8) is 0 Å². The van der Waals surface area contributed by atoms with Crippen molar-refractivity contribution in [2.45, 2.75) is 43.6 Å². The molecule has 0 aliphatic rings. The molecule has 3 amide bonds. The molecule has 2 rings (SSSR count). The lowest BCUT2D eigenvalue weighted by Crippen LogP contribution is -2.39. The van der Waals surface area contributed by atoms with E-state index in [-0.39, 0.29) is 11.1 Å². The predicted molar refractivity (Wildman–Crippen MR) is 105 cm³/mol. The summed E-state index contributed by atoms with van der Waals surface area (Å²) in [6, 6.07) is 3.58. The van der Waals surface area contributed by atoms with E-state index in [4.69, 9.17) is 10.5 Å². The number of primary amides is 1. The van der Waals surface area contributed by atoms with Crippen LogP contribution in [-0.4, -0.2) is 39.8 Å². The molecule has 1 heterocycles. The highest BCUT2D eigenvalue weighted by atomic mass is 32.2. The lowest BCUT2D eigenvalue weighted by molar-refractivity contribution is -0.119. The van der Waals surface area contributed by atoms with Crippen LogP contribution in [0.3, 0.4) is 0 Å². The molecule has 0 aliphatic carbocycles. The number of esters is 1. The number of nitrogens with two attached hydrogens (primary N) is 1. The third-order valence-corrected chi connectivity index (χ3v) is 5.06. The Morgan fingerprint density at radius 3 is 2.68 bits per heavy atom. The van der Waals surface area contributed by atoms with Crippen molar-refractivity contribution in [1.29, 1.82) is 0 Å². The first-order chi connectivity index (χ1) is 13.3. The molecular formula is C18H22N4O5S. The summed E-state index contributed by atoms with van der Waals surface area (Å²) in [5.74, 6) is -1.13. The number of amides is 3. The molecule has 0 fully saturated rings. The maximum Gasteiger partial charge on any atom is 0.337 e. The number of hydrogen-bond acceptors (Lipinski definition) is 7. The number of imide groups is 1. The van der Waals surface area contributed by atoms with Crippen molar-refractivity contribution in [3.05, 3.63) is 34.1 Å². The Labute approximate surface area is 165 Å². The van der Waals surface area contributed by atoms with Crippen LogP contribution in [0.1, 0.15) is 37.0 Å². The van der Waals surface area contributed by atoms with Crippen molar-refractivity contribution < 1.29 is 19.1 Å². The van der Waals surface area contributed by atoms with E-state index in [9.17, 15) is 19.2 Å². The molecule has 0 saturated carbocycles. The van der Waals surface area contributed by atoms with Gasteiger partial charge in [-0.3, -0.25) is 19.5 Å². The Hall–Kier alpha value is -2.88. The van der Waals surface area contributed by atoms with Crippen LogP contribution >= 0.6 is 11.8 Å². The summed E-state index contributed by atoms with van der Waals surface area (Å²) in [6.45, 7) is 4.01. The van der Waals surface area contributed by atoms with Gasteiger partial charge in [0.1, 0.15) is 0 Å². The van der Waals surface area contributed by atoms with Gasteiger partial charge in [0.2, 0.25) is 5.91 Å². The third kappa shape index (κ3) is 4.89. The summed E-state index contributed by atoms with van der Waals surface area (Å²) < 4.78 is 6.21. The summed E-state index contributed by atoms with van der Waals surface area (Å²) in [4.78, 5) is 52.1. The molecule has 2 aromatic rings. The van der Waals surface area contributed by atoms with E-state index in [0.29, 0.717) is 22.6 Å². The van der Waals surface area contributed by atoms with Crippen LogP contribution in [0.4, 0.5) is 4.79 Å². The molecule has 1 atom stereocenters. The first-order valence-electron chi connectivity index (χ1n) is 8.68. The highest BCUT2D eigenvalue weighted by Gasteiger charge is 2.21. The molecule has 1 aromatic carbocycles. The smallest absolute Gasteiger partial charge is 0.337 e. The SMILES string of the molecule is CCCCn1c(S[C@@H](C)C(=O)NC(N)=O)nc2cc(C(=O)OC)ccc2c1=O. The fourth-order valence-electron chi connectivity index (χ4n) is 2.48. The van der Waals surface area contributed by atoms with Crippen molar-refractivity contribution in [2.24, 2.45) is 5.73 Å². The number of fused-ring (bicyclic) bond motifs is 1. The van der Waals surface area contributed by atoms with E-state index in [1.54, 1.807) is 6.92 Å². The van der Waals surface area contributed by atoms with Gasteiger partial charge in [0.15, 0.2) is 5.16 Å². The normalized spacial score (nSPS) is 11.8. The maximum absolute atomic E-state index is 13.0. The number of hydrogen-bond donors (Lipinski definition) is 2. The van der Waals surface area contributed by atoms with Crippen LogP contribution in [0.15, 0.2) is 28.2 Å². The first kappa shape index (κ1) is 21.4. The second-order valence-corrected chi connectivity index (χ2v) is 7.35. The minimum Gasteiger partial charge on any atom is -0.465 e. The van der Waals surface area contributed by atoms with E-state index in [1.165, 1.54) is 29.9 Å². The second-order valence-electron chi connectivity index (χ2n) is 6.04. The monoisotopic (exact) mass is 406 g/mol. The molecule has 0 aliphatic heterocycles. The number of aromatic nitrogens is 2. The number of carbonyl (C=O) groups excluding carboxylic acids is 3. The van der Waals surface area contributed by atoms with Gasteiger partial charge < -0.3 is 10.5 Å². The lowest BCUT2D eigenvalue weighted by atomic mass is 10.1. The molecule has 0 spiro atoms. The maximum atomic E-state index is 13.0. The fraction of sp³-hybridized carbons (Fsp3) is 0.389. The number of unbranched alkanes of at least 4 members (excludes halogenated alkanes) is 1. The quantitative estimate of drug-likeness (QED) is 0.406. The zero-order valence-electron chi connectivity index (χ0n) is 15.9. The number of nitrogens with one attached hydrogen (secondary N) is 1. The number of urea groups is 1. The standard InChI is InChI=1S/C18H22N4O5S/c1-4-5-8-22-15(24)12-7-6-11(16(25)27-3)9-13(12)20-18(22)28-10(2)14(23)21-17(19)26/h6-7,9-10H,4-5,8H2,1-3H3,(H3,19,21,23,26)/t10-/m0/s1. The Morgan fingerprint density at radius 1 is 1.36 bits per heavy atom. The molecule has 3 N–H and O–H groups in total. The van der Waals surface area contributed by atoms with Crippen molar-refractivity contribution >= 4 is 40.6 Å². The minimum atomic E-state index is -0.949. The number of nitrogens with zero attached hydrogens (tertiary/aromatic N) is 2. The molecular weight excluding hydrogens is 384 g/mol. The number of rotatable bonds is 7. The molecule has 0 unspecified atom stereocenters. The Bertz CT molecular complexity index is 972. The summed E-state index contributed by atoms with van der Waals surface area (Å²) in [6.07, 6.45) is 1.62. The van der Waals surface area contributed by atoms with Crippen LogP contribution in [-0.2, 0) is 16.1 Å². The van der Waals surface area contributed by atoms with Gasteiger partial charge in [0.25, 0.3) is 5.56 Å². The van der Waals surface area contributed by atoms with Crippen molar-refractivity contribution in [2.75, 3.05) is 7.11 Å². The van der Waals surface area contributed by atoms with Gasteiger partial charge in [-0.2, -0.15) is 0 Å². The average Bonchev–Trinajstić information content (AvgIpc) is 2.66. The summed E-state index contributed by atoms with van der Waals surface area (Å²) in [5, 5.41) is 1.98. The molecule has 28 heavy (non-hydrogen) atoms. The zero-order chi connectivity index (χ0) is 20.8. The number of ether oxygens (including phenoxy) is 1. The van der Waals surface area contributed by atoms with Crippen molar-refractivity contribution in [3.8, 4) is 0 Å². The molecule has 0 saturated heterocycles. The summed E-state index contributed by atoms with van der Waals surface area (Å²) in [7, 11) is 1.27. The summed E-state index contributed by atoms with van der Waals surface area (Å²) >= 11 is 1.04. The summed E-state index contributed by atoms with van der Waals surface area (Å²) in [5.41, 5.74) is 5.31. The molecule has 0 radical (unpaired) electrons. The molecule has 0 bridgehead atoms.